The van der Waals surface area contributed by atoms with Gasteiger partial charge in [-0.05, 0) is 26.0 Å². The van der Waals surface area contributed by atoms with E-state index >= 15 is 0 Å². The fraction of sp³-hybridized carbons (Fsp3) is 0.250. The van der Waals surface area contributed by atoms with E-state index in [-0.39, 0.29) is 12.4 Å². The number of rotatable bonds is 5. The molecule has 0 saturated carbocycles. The van der Waals surface area contributed by atoms with Gasteiger partial charge >= 0.3 is 0 Å². The quantitative estimate of drug-likeness (QED) is 0.690. The van der Waals surface area contributed by atoms with Gasteiger partial charge < -0.3 is 15.4 Å². The Morgan fingerprint density at radius 3 is 2.62 bits per heavy atom. The predicted octanol–water partition coefficient (Wildman–Crippen LogP) is 4.75. The monoisotopic (exact) mass is 382 g/mol. The van der Waals surface area contributed by atoms with E-state index in [9.17, 15) is 0 Å². The molecule has 1 aromatic carbocycles. The van der Waals surface area contributed by atoms with Crippen LogP contribution in [-0.2, 0) is 0 Å². The van der Waals surface area contributed by atoms with Crippen LogP contribution in [0.15, 0.2) is 29.6 Å². The van der Waals surface area contributed by atoms with Gasteiger partial charge in [-0.25, -0.2) is 9.97 Å². The van der Waals surface area contributed by atoms with Crippen molar-refractivity contribution in [1.29, 1.82) is 0 Å². The van der Waals surface area contributed by atoms with Gasteiger partial charge in [-0.15, -0.1) is 23.7 Å². The van der Waals surface area contributed by atoms with Crippen LogP contribution < -0.4 is 15.4 Å². The molecule has 24 heavy (non-hydrogen) atoms. The lowest BCUT2D eigenvalue weighted by atomic mass is 10.2. The van der Waals surface area contributed by atoms with Gasteiger partial charge in [0, 0.05) is 11.9 Å². The van der Waals surface area contributed by atoms with E-state index in [1.807, 2.05) is 36.6 Å². The molecule has 2 heterocycles. The van der Waals surface area contributed by atoms with Gasteiger partial charge in [0.15, 0.2) is 10.3 Å². The molecule has 2 aromatic heterocycles. The molecular formula is C16H19ClN4OS2. The largest absolute Gasteiger partial charge is 0.495 e. The number of anilines is 3. The van der Waals surface area contributed by atoms with E-state index in [1.54, 1.807) is 18.4 Å². The zero-order valence-electron chi connectivity index (χ0n) is 13.6. The molecule has 0 radical (unpaired) electrons. The van der Waals surface area contributed by atoms with Crippen LogP contribution in [0.25, 0.3) is 10.6 Å². The predicted molar refractivity (Wildman–Crippen MR) is 105 cm³/mol. The zero-order valence-corrected chi connectivity index (χ0v) is 16.1. The van der Waals surface area contributed by atoms with Crippen LogP contribution in [0.4, 0.5) is 16.0 Å². The Bertz CT molecular complexity index is 818. The van der Waals surface area contributed by atoms with Crippen LogP contribution in [0.2, 0.25) is 0 Å². The molecule has 0 aliphatic heterocycles. The molecule has 5 nitrogen and oxygen atoms in total. The number of aryl methyl sites for hydroxylation is 1. The minimum atomic E-state index is 0. The topological polar surface area (TPSA) is 64.3 Å². The molecule has 0 atom stereocenters. The average molecular weight is 383 g/mol. The van der Waals surface area contributed by atoms with Crippen molar-refractivity contribution < 1.29 is 4.74 Å². The molecule has 0 aliphatic carbocycles. The third kappa shape index (κ3) is 3.48. The lowest BCUT2D eigenvalue weighted by molar-refractivity contribution is 0.415. The minimum absolute atomic E-state index is 0. The van der Waals surface area contributed by atoms with Crippen molar-refractivity contribution >= 4 is 51.0 Å². The van der Waals surface area contributed by atoms with E-state index in [2.05, 4.69) is 16.8 Å². The number of thiazole rings is 2. The lowest BCUT2D eigenvalue weighted by Crippen LogP contribution is -2.16. The Kier molecular flexibility index (Phi) is 6.04. The van der Waals surface area contributed by atoms with Crippen LogP contribution in [0, 0.1) is 6.92 Å². The first-order valence-electron chi connectivity index (χ1n) is 7.23. The maximum Gasteiger partial charge on any atom is 0.190 e. The fourth-order valence-corrected chi connectivity index (χ4v) is 4.12. The third-order valence-corrected chi connectivity index (χ3v) is 5.34. The van der Waals surface area contributed by atoms with Crippen LogP contribution in [0.1, 0.15) is 12.6 Å². The maximum absolute atomic E-state index is 5.75. The first kappa shape index (κ1) is 18.5. The van der Waals surface area contributed by atoms with Crippen LogP contribution >= 0.6 is 35.1 Å². The van der Waals surface area contributed by atoms with Gasteiger partial charge in [0.05, 0.1) is 29.1 Å². The molecule has 0 saturated heterocycles. The molecule has 128 valence electrons. The highest BCUT2D eigenvalue weighted by atomic mass is 35.5. The Labute approximate surface area is 155 Å². The van der Waals surface area contributed by atoms with Gasteiger partial charge in [0.1, 0.15) is 5.75 Å². The average Bonchev–Trinajstić information content (AvgIpc) is 3.14. The molecule has 0 amide bonds. The summed E-state index contributed by atoms with van der Waals surface area (Å²) in [6.45, 7) is 4.90. The molecule has 0 bridgehead atoms. The minimum Gasteiger partial charge on any atom is -0.495 e. The summed E-state index contributed by atoms with van der Waals surface area (Å²) in [5, 5.41) is 3.47. The second kappa shape index (κ2) is 7.83. The normalized spacial score (nSPS) is 10.3. The van der Waals surface area contributed by atoms with E-state index < -0.39 is 0 Å². The second-order valence-corrected chi connectivity index (χ2v) is 6.77. The van der Waals surface area contributed by atoms with Crippen molar-refractivity contribution in [2.45, 2.75) is 13.8 Å². The standard InChI is InChI=1S/C16H18N4OS2.ClH/c1-4-20(12-7-5-6-8-13(12)21-3)16-18-10(2)14(23-16)11-9-22-15(17)19-11;/h5-9H,4H2,1-3H3,(H2,17,19);1H. The highest BCUT2D eigenvalue weighted by Gasteiger charge is 2.19. The summed E-state index contributed by atoms with van der Waals surface area (Å²) in [7, 11) is 1.68. The van der Waals surface area contributed by atoms with Crippen molar-refractivity contribution in [3.05, 3.63) is 35.3 Å². The Morgan fingerprint density at radius 2 is 2.00 bits per heavy atom. The van der Waals surface area contributed by atoms with Crippen molar-refractivity contribution in [2.24, 2.45) is 0 Å². The first-order chi connectivity index (χ1) is 11.1. The Morgan fingerprint density at radius 1 is 1.25 bits per heavy atom. The summed E-state index contributed by atoms with van der Waals surface area (Å²) in [5.41, 5.74) is 8.62. The molecular weight excluding hydrogens is 364 g/mol. The highest BCUT2D eigenvalue weighted by Crippen LogP contribution is 2.40. The molecule has 8 heteroatoms. The zero-order chi connectivity index (χ0) is 16.4. The van der Waals surface area contributed by atoms with Crippen molar-refractivity contribution in [3.63, 3.8) is 0 Å². The van der Waals surface area contributed by atoms with E-state index in [0.717, 1.165) is 39.4 Å². The number of hydrogen-bond donors (Lipinski definition) is 1. The number of nitrogens with two attached hydrogens (primary N) is 1. The number of aromatic nitrogens is 2. The summed E-state index contributed by atoms with van der Waals surface area (Å²) in [4.78, 5) is 12.3. The summed E-state index contributed by atoms with van der Waals surface area (Å²) in [6, 6.07) is 7.97. The van der Waals surface area contributed by atoms with Gasteiger partial charge in [-0.3, -0.25) is 0 Å². The number of hydrogen-bond acceptors (Lipinski definition) is 7. The van der Waals surface area contributed by atoms with Crippen molar-refractivity contribution in [3.8, 4) is 16.3 Å². The number of halogens is 1. The molecule has 0 spiro atoms. The molecule has 0 aliphatic rings. The van der Waals surface area contributed by atoms with Crippen LogP contribution in [0.3, 0.4) is 0 Å². The number of para-hydroxylation sites is 2. The molecule has 0 unspecified atom stereocenters. The number of ether oxygens (including phenoxy) is 1. The number of nitrogens with zero attached hydrogens (tertiary/aromatic N) is 3. The smallest absolute Gasteiger partial charge is 0.190 e. The van der Waals surface area contributed by atoms with Gasteiger partial charge in [0.25, 0.3) is 0 Å². The Hall–Kier alpha value is -1.83. The van der Waals surface area contributed by atoms with Crippen LogP contribution in [-0.4, -0.2) is 23.6 Å². The molecule has 2 N–H and O–H groups in total. The highest BCUT2D eigenvalue weighted by molar-refractivity contribution is 7.19. The number of benzene rings is 1. The van der Waals surface area contributed by atoms with E-state index in [1.165, 1.54) is 11.3 Å². The fourth-order valence-electron chi connectivity index (χ4n) is 2.39. The SMILES string of the molecule is CCN(c1nc(C)c(-c2csc(N)n2)s1)c1ccccc1OC.Cl. The van der Waals surface area contributed by atoms with Crippen molar-refractivity contribution in [1.82, 2.24) is 9.97 Å². The maximum atomic E-state index is 5.75. The third-order valence-electron chi connectivity index (χ3n) is 3.46. The first-order valence-corrected chi connectivity index (χ1v) is 8.93. The van der Waals surface area contributed by atoms with E-state index in [4.69, 9.17) is 15.5 Å². The summed E-state index contributed by atoms with van der Waals surface area (Å²) >= 11 is 3.07. The van der Waals surface area contributed by atoms with E-state index in [0.29, 0.717) is 5.13 Å². The summed E-state index contributed by atoms with van der Waals surface area (Å²) < 4.78 is 5.48. The van der Waals surface area contributed by atoms with Crippen LogP contribution in [0.5, 0.6) is 5.75 Å². The van der Waals surface area contributed by atoms with Gasteiger partial charge in [-0.2, -0.15) is 0 Å². The van der Waals surface area contributed by atoms with Gasteiger partial charge in [0.2, 0.25) is 0 Å². The lowest BCUT2D eigenvalue weighted by Gasteiger charge is -2.22. The van der Waals surface area contributed by atoms with Crippen molar-refractivity contribution in [2.75, 3.05) is 24.3 Å². The Balaban J connectivity index is 0.00000208. The molecule has 3 aromatic rings. The summed E-state index contributed by atoms with van der Waals surface area (Å²) in [6.07, 6.45) is 0. The number of nitrogen functional groups attached to an aromatic ring is 1. The van der Waals surface area contributed by atoms with Gasteiger partial charge in [-0.1, -0.05) is 23.5 Å². The molecule has 0 fully saturated rings. The second-order valence-electron chi connectivity index (χ2n) is 4.90. The number of methoxy groups -OCH3 is 1. The molecule has 3 rings (SSSR count). The summed E-state index contributed by atoms with van der Waals surface area (Å²) in [5.74, 6) is 0.835.